The number of aromatic nitrogens is 2. The predicted octanol–water partition coefficient (Wildman–Crippen LogP) is 4.11. The van der Waals surface area contributed by atoms with Crippen LogP contribution in [-0.4, -0.2) is 21.1 Å². The quantitative estimate of drug-likeness (QED) is 0.658. The average molecular weight is 337 g/mol. The lowest BCUT2D eigenvalue weighted by Crippen LogP contribution is -2.07. The van der Waals surface area contributed by atoms with Crippen LogP contribution >= 0.6 is 23.2 Å². The number of rotatable bonds is 5. The molecule has 0 spiro atoms. The van der Waals surface area contributed by atoms with Crippen molar-refractivity contribution < 1.29 is 13.7 Å². The van der Waals surface area contributed by atoms with Crippen LogP contribution in [0.25, 0.3) is 0 Å². The van der Waals surface area contributed by atoms with Gasteiger partial charge in [0.2, 0.25) is 0 Å². The number of nitro groups is 1. The summed E-state index contributed by atoms with van der Waals surface area (Å²) in [6, 6.07) is 3.72. The Hall–Kier alpha value is -1.93. The van der Waals surface area contributed by atoms with Gasteiger partial charge in [0.15, 0.2) is 5.82 Å². The topological polar surface area (TPSA) is 73.0 Å². The van der Waals surface area contributed by atoms with E-state index in [1.165, 1.54) is 12.3 Å². The number of non-ortho nitro benzene ring substituents is 1. The second-order valence-corrected chi connectivity index (χ2v) is 4.80. The molecule has 2 aromatic rings. The van der Waals surface area contributed by atoms with Crippen molar-refractivity contribution in [3.05, 3.63) is 44.6 Å². The lowest BCUT2D eigenvalue weighted by atomic mass is 10.3. The molecule has 0 saturated heterocycles. The fourth-order valence-electron chi connectivity index (χ4n) is 1.58. The van der Waals surface area contributed by atoms with E-state index in [1.807, 2.05) is 0 Å². The Balaban J connectivity index is 2.23. The Bertz CT molecular complexity index is 655. The summed E-state index contributed by atoms with van der Waals surface area (Å²) < 4.78 is 25.5. The predicted molar refractivity (Wildman–Crippen MR) is 74.6 cm³/mol. The Morgan fingerprint density at radius 2 is 2.00 bits per heavy atom. The third-order valence-electron chi connectivity index (χ3n) is 2.46. The summed E-state index contributed by atoms with van der Waals surface area (Å²) in [6.07, 6.45) is -1.16. The number of nitrogens with one attached hydrogen (secondary N) is 1. The molecule has 0 saturated carbocycles. The van der Waals surface area contributed by atoms with Crippen LogP contribution < -0.4 is 5.32 Å². The van der Waals surface area contributed by atoms with Gasteiger partial charge < -0.3 is 5.32 Å². The smallest absolute Gasteiger partial charge is 0.272 e. The van der Waals surface area contributed by atoms with Crippen LogP contribution in [0.5, 0.6) is 0 Å². The molecule has 112 valence electrons. The average Bonchev–Trinajstić information content (AvgIpc) is 2.80. The van der Waals surface area contributed by atoms with Gasteiger partial charge >= 0.3 is 0 Å². The zero-order valence-corrected chi connectivity index (χ0v) is 11.8. The Morgan fingerprint density at radius 1 is 1.38 bits per heavy atom. The number of alkyl halides is 2. The van der Waals surface area contributed by atoms with Gasteiger partial charge in [-0.25, -0.2) is 8.78 Å². The number of hydrogen-bond donors (Lipinski definition) is 1. The fourth-order valence-corrected chi connectivity index (χ4v) is 2.15. The lowest BCUT2D eigenvalue weighted by Gasteiger charge is -2.08. The van der Waals surface area contributed by atoms with Crippen LogP contribution in [0.4, 0.5) is 26.0 Å². The van der Waals surface area contributed by atoms with Gasteiger partial charge in [-0.3, -0.25) is 14.8 Å². The number of anilines is 2. The van der Waals surface area contributed by atoms with Crippen molar-refractivity contribution >= 4 is 40.4 Å². The minimum absolute atomic E-state index is 0.0256. The van der Waals surface area contributed by atoms with Gasteiger partial charge in [-0.1, -0.05) is 23.2 Å². The molecule has 10 heteroatoms. The molecule has 1 heterocycles. The van der Waals surface area contributed by atoms with Gasteiger partial charge in [-0.2, -0.15) is 5.10 Å². The molecular weight excluding hydrogens is 329 g/mol. The van der Waals surface area contributed by atoms with E-state index in [1.54, 1.807) is 0 Å². The first-order chi connectivity index (χ1) is 9.86. The summed E-state index contributed by atoms with van der Waals surface area (Å²) in [4.78, 5) is 10.0. The highest BCUT2D eigenvalue weighted by atomic mass is 35.5. The number of halogens is 4. The molecule has 6 nitrogen and oxygen atoms in total. The van der Waals surface area contributed by atoms with Gasteiger partial charge in [0.1, 0.15) is 6.54 Å². The number of hydrogen-bond acceptors (Lipinski definition) is 4. The minimum Gasteiger partial charge on any atom is -0.336 e. The molecule has 1 aromatic heterocycles. The highest BCUT2D eigenvalue weighted by molar-refractivity contribution is 6.39. The van der Waals surface area contributed by atoms with E-state index in [-0.39, 0.29) is 27.2 Å². The van der Waals surface area contributed by atoms with Crippen molar-refractivity contribution in [2.24, 2.45) is 0 Å². The zero-order chi connectivity index (χ0) is 15.6. The van der Waals surface area contributed by atoms with Crippen molar-refractivity contribution in [2.45, 2.75) is 13.0 Å². The van der Waals surface area contributed by atoms with Crippen molar-refractivity contribution in [3.8, 4) is 0 Å². The molecule has 2 rings (SSSR count). The van der Waals surface area contributed by atoms with Gasteiger partial charge in [0.05, 0.1) is 20.7 Å². The molecule has 0 unspecified atom stereocenters. The maximum Gasteiger partial charge on any atom is 0.272 e. The van der Waals surface area contributed by atoms with Crippen molar-refractivity contribution in [1.82, 2.24) is 9.78 Å². The number of nitro benzene ring substituents is 1. The van der Waals surface area contributed by atoms with Gasteiger partial charge in [-0.05, 0) is 0 Å². The third-order valence-corrected chi connectivity index (χ3v) is 3.05. The Kier molecular flexibility index (Phi) is 4.59. The summed E-state index contributed by atoms with van der Waals surface area (Å²) in [5.74, 6) is 0.244. The SMILES string of the molecule is O=[N+]([O-])c1cc(Cl)c(Nc2ccn(CC(F)F)n2)c(Cl)c1. The monoisotopic (exact) mass is 336 g/mol. The van der Waals surface area contributed by atoms with E-state index < -0.39 is 17.9 Å². The molecule has 21 heavy (non-hydrogen) atoms. The van der Waals surface area contributed by atoms with E-state index >= 15 is 0 Å². The molecule has 0 amide bonds. The summed E-state index contributed by atoms with van der Waals surface area (Å²) >= 11 is 11.8. The Morgan fingerprint density at radius 3 is 2.52 bits per heavy atom. The van der Waals surface area contributed by atoms with Crippen LogP contribution in [0.3, 0.4) is 0 Å². The number of nitrogens with zero attached hydrogens (tertiary/aromatic N) is 3. The Labute approximate surface area is 127 Å². The molecule has 0 bridgehead atoms. The van der Waals surface area contributed by atoms with Crippen molar-refractivity contribution in [1.29, 1.82) is 0 Å². The van der Waals surface area contributed by atoms with E-state index in [0.29, 0.717) is 0 Å². The molecule has 0 atom stereocenters. The first-order valence-electron chi connectivity index (χ1n) is 5.59. The standard InChI is InChI=1S/C11H8Cl2F2N4O2/c12-7-3-6(19(20)21)4-8(13)11(7)16-10-1-2-18(17-10)5-9(14)15/h1-4,9H,5H2,(H,16,17). The summed E-state index contributed by atoms with van der Waals surface area (Å²) in [7, 11) is 0. The van der Waals surface area contributed by atoms with E-state index in [2.05, 4.69) is 10.4 Å². The van der Waals surface area contributed by atoms with Crippen LogP contribution in [0.1, 0.15) is 0 Å². The van der Waals surface area contributed by atoms with Crippen LogP contribution in [-0.2, 0) is 6.54 Å². The van der Waals surface area contributed by atoms with E-state index in [9.17, 15) is 18.9 Å². The van der Waals surface area contributed by atoms with Gasteiger partial charge in [-0.15, -0.1) is 0 Å². The van der Waals surface area contributed by atoms with Crippen LogP contribution in [0.2, 0.25) is 10.0 Å². The molecule has 1 N–H and O–H groups in total. The molecule has 1 aromatic carbocycles. The van der Waals surface area contributed by atoms with Crippen LogP contribution in [0.15, 0.2) is 24.4 Å². The largest absolute Gasteiger partial charge is 0.336 e. The van der Waals surface area contributed by atoms with Crippen LogP contribution in [0, 0.1) is 10.1 Å². The molecular formula is C11H8Cl2F2N4O2. The maximum atomic E-state index is 12.2. The summed E-state index contributed by atoms with van der Waals surface area (Å²) in [5.41, 5.74) is -0.0370. The second kappa shape index (κ2) is 6.23. The lowest BCUT2D eigenvalue weighted by molar-refractivity contribution is -0.384. The summed E-state index contributed by atoms with van der Waals surface area (Å²) in [5, 5.41) is 17.3. The molecule has 0 aliphatic rings. The van der Waals surface area contributed by atoms with E-state index in [4.69, 9.17) is 23.2 Å². The van der Waals surface area contributed by atoms with Crippen molar-refractivity contribution in [3.63, 3.8) is 0 Å². The van der Waals surface area contributed by atoms with Crippen molar-refractivity contribution in [2.75, 3.05) is 5.32 Å². The number of benzene rings is 1. The zero-order valence-electron chi connectivity index (χ0n) is 10.3. The summed E-state index contributed by atoms with van der Waals surface area (Å²) in [6.45, 7) is -0.538. The normalized spacial score (nSPS) is 10.9. The van der Waals surface area contributed by atoms with Gasteiger partial charge in [0, 0.05) is 24.4 Å². The van der Waals surface area contributed by atoms with E-state index in [0.717, 1.165) is 16.8 Å². The molecule has 0 aliphatic carbocycles. The highest BCUT2D eigenvalue weighted by Gasteiger charge is 2.15. The molecule has 0 radical (unpaired) electrons. The second-order valence-electron chi connectivity index (χ2n) is 3.98. The third kappa shape index (κ3) is 3.79. The molecule has 0 fully saturated rings. The molecule has 0 aliphatic heterocycles. The first-order valence-corrected chi connectivity index (χ1v) is 6.34. The maximum absolute atomic E-state index is 12.2. The van der Waals surface area contributed by atoms with Gasteiger partial charge in [0.25, 0.3) is 12.1 Å². The first kappa shape index (κ1) is 15.5. The highest BCUT2D eigenvalue weighted by Crippen LogP contribution is 2.36. The minimum atomic E-state index is -2.52. The fraction of sp³-hybridized carbons (Fsp3) is 0.182.